The molecular weight excluding hydrogens is 451 g/mol. The number of H-pyrrole nitrogens is 1. The molecule has 0 spiro atoms. The molecule has 0 radical (unpaired) electrons. The molecule has 1 aliphatic rings. The lowest BCUT2D eigenvalue weighted by Gasteiger charge is -2.34. The molecule has 3 N–H and O–H groups in total. The SMILES string of the molecule is CCN1CCN(CCNC(=NC)NCCc2c[nH]c3ccccc23)CC1.I. The van der Waals surface area contributed by atoms with E-state index in [1.807, 2.05) is 7.05 Å². The number of para-hydroxylation sites is 1. The van der Waals surface area contributed by atoms with Crippen molar-refractivity contribution in [3.05, 3.63) is 36.0 Å². The van der Waals surface area contributed by atoms with Crippen LogP contribution in [0.4, 0.5) is 0 Å². The van der Waals surface area contributed by atoms with Crippen molar-refractivity contribution in [1.29, 1.82) is 0 Å². The van der Waals surface area contributed by atoms with Crippen molar-refractivity contribution < 1.29 is 0 Å². The Bertz CT molecular complexity index is 705. The molecule has 0 atom stereocenters. The van der Waals surface area contributed by atoms with E-state index in [1.165, 1.54) is 49.2 Å². The first kappa shape index (κ1) is 22.0. The highest BCUT2D eigenvalue weighted by Gasteiger charge is 2.14. The summed E-state index contributed by atoms with van der Waals surface area (Å²) in [7, 11) is 1.83. The van der Waals surface area contributed by atoms with Crippen LogP contribution in [0.1, 0.15) is 12.5 Å². The molecule has 27 heavy (non-hydrogen) atoms. The normalized spacial score (nSPS) is 16.3. The van der Waals surface area contributed by atoms with Gasteiger partial charge in [0.25, 0.3) is 0 Å². The largest absolute Gasteiger partial charge is 0.361 e. The average Bonchev–Trinajstić information content (AvgIpc) is 3.10. The molecule has 0 aliphatic carbocycles. The summed E-state index contributed by atoms with van der Waals surface area (Å²) < 4.78 is 0. The van der Waals surface area contributed by atoms with E-state index in [9.17, 15) is 0 Å². The monoisotopic (exact) mass is 484 g/mol. The second-order valence-electron chi connectivity index (χ2n) is 6.81. The predicted molar refractivity (Wildman–Crippen MR) is 125 cm³/mol. The fourth-order valence-electron chi connectivity index (χ4n) is 3.54. The van der Waals surface area contributed by atoms with Crippen molar-refractivity contribution in [2.24, 2.45) is 4.99 Å². The van der Waals surface area contributed by atoms with Crippen molar-refractivity contribution in [1.82, 2.24) is 25.4 Å². The summed E-state index contributed by atoms with van der Waals surface area (Å²) in [4.78, 5) is 12.7. The molecule has 0 amide bonds. The number of benzene rings is 1. The maximum atomic E-state index is 4.34. The fraction of sp³-hybridized carbons (Fsp3) is 0.550. The smallest absolute Gasteiger partial charge is 0.191 e. The van der Waals surface area contributed by atoms with E-state index in [4.69, 9.17) is 0 Å². The van der Waals surface area contributed by atoms with Crippen LogP contribution in [0.2, 0.25) is 0 Å². The van der Waals surface area contributed by atoms with Gasteiger partial charge >= 0.3 is 0 Å². The zero-order chi connectivity index (χ0) is 18.2. The molecule has 7 heteroatoms. The molecule has 6 nitrogen and oxygen atoms in total. The average molecular weight is 484 g/mol. The van der Waals surface area contributed by atoms with Crippen molar-refractivity contribution in [2.75, 3.05) is 59.4 Å². The molecule has 1 saturated heterocycles. The summed E-state index contributed by atoms with van der Waals surface area (Å²) in [5.74, 6) is 0.886. The summed E-state index contributed by atoms with van der Waals surface area (Å²) in [6.45, 7) is 11.0. The molecule has 3 rings (SSSR count). The molecule has 0 bridgehead atoms. The Hall–Kier alpha value is -1.32. The zero-order valence-electron chi connectivity index (χ0n) is 16.5. The van der Waals surface area contributed by atoms with Gasteiger partial charge in [0.2, 0.25) is 0 Å². The summed E-state index contributed by atoms with van der Waals surface area (Å²) in [6.07, 6.45) is 3.09. The third kappa shape index (κ3) is 6.36. The predicted octanol–water partition coefficient (Wildman–Crippen LogP) is 2.13. The van der Waals surface area contributed by atoms with Crippen LogP contribution < -0.4 is 10.6 Å². The number of guanidine groups is 1. The summed E-state index contributed by atoms with van der Waals surface area (Å²) in [6, 6.07) is 8.45. The number of rotatable bonds is 7. The van der Waals surface area contributed by atoms with E-state index >= 15 is 0 Å². The summed E-state index contributed by atoms with van der Waals surface area (Å²) >= 11 is 0. The lowest BCUT2D eigenvalue weighted by Crippen LogP contribution is -2.49. The van der Waals surface area contributed by atoms with Gasteiger partial charge in [-0.15, -0.1) is 24.0 Å². The van der Waals surface area contributed by atoms with Gasteiger partial charge in [-0.2, -0.15) is 0 Å². The Labute approximate surface area is 179 Å². The Morgan fingerprint density at radius 1 is 1.07 bits per heavy atom. The molecular formula is C20H33IN6. The van der Waals surface area contributed by atoms with Gasteiger partial charge < -0.3 is 20.5 Å². The highest BCUT2D eigenvalue weighted by Crippen LogP contribution is 2.17. The number of piperazine rings is 1. The number of nitrogens with one attached hydrogen (secondary N) is 3. The Balaban J connectivity index is 0.00000261. The Kier molecular flexibility index (Phi) is 9.36. The van der Waals surface area contributed by atoms with E-state index in [0.717, 1.165) is 32.0 Å². The molecule has 1 aromatic carbocycles. The molecule has 1 aliphatic heterocycles. The minimum Gasteiger partial charge on any atom is -0.361 e. The second kappa shape index (κ2) is 11.5. The zero-order valence-corrected chi connectivity index (χ0v) is 18.8. The number of likely N-dealkylation sites (N-methyl/N-ethyl adjacent to an activating group) is 1. The van der Waals surface area contributed by atoms with E-state index in [2.05, 4.69) is 67.8 Å². The standard InChI is InChI=1S/C20H32N6.HI/c1-3-25-12-14-26(15-13-25)11-10-23-20(21-2)22-9-8-17-16-24-19-7-5-4-6-18(17)19;/h4-7,16,24H,3,8-15H2,1-2H3,(H2,21,22,23);1H. The van der Waals surface area contributed by atoms with Crippen molar-refractivity contribution in [3.63, 3.8) is 0 Å². The van der Waals surface area contributed by atoms with Crippen LogP contribution in [0, 0.1) is 0 Å². The summed E-state index contributed by atoms with van der Waals surface area (Å²) in [5, 5.41) is 8.17. The van der Waals surface area contributed by atoms with Crippen LogP contribution in [0.15, 0.2) is 35.5 Å². The molecule has 0 unspecified atom stereocenters. The van der Waals surface area contributed by atoms with E-state index < -0.39 is 0 Å². The second-order valence-corrected chi connectivity index (χ2v) is 6.81. The maximum Gasteiger partial charge on any atom is 0.191 e. The third-order valence-corrected chi connectivity index (χ3v) is 5.22. The first-order chi connectivity index (χ1) is 12.8. The van der Waals surface area contributed by atoms with Gasteiger partial charge in [-0.05, 0) is 24.6 Å². The number of aromatic nitrogens is 1. The van der Waals surface area contributed by atoms with Crippen molar-refractivity contribution in [2.45, 2.75) is 13.3 Å². The van der Waals surface area contributed by atoms with Crippen LogP contribution in [0.5, 0.6) is 0 Å². The van der Waals surface area contributed by atoms with Crippen LogP contribution in [0.25, 0.3) is 10.9 Å². The number of hydrogen-bond donors (Lipinski definition) is 3. The molecule has 2 aromatic rings. The van der Waals surface area contributed by atoms with Gasteiger partial charge in [-0.25, -0.2) is 0 Å². The number of fused-ring (bicyclic) bond motifs is 1. The molecule has 0 saturated carbocycles. The van der Waals surface area contributed by atoms with Crippen molar-refractivity contribution >= 4 is 40.8 Å². The fourth-order valence-corrected chi connectivity index (χ4v) is 3.54. The first-order valence-electron chi connectivity index (χ1n) is 9.74. The van der Waals surface area contributed by atoms with Crippen LogP contribution in [-0.4, -0.2) is 80.1 Å². The number of hydrogen-bond acceptors (Lipinski definition) is 3. The minimum atomic E-state index is 0. The number of nitrogens with zero attached hydrogens (tertiary/aromatic N) is 3. The third-order valence-electron chi connectivity index (χ3n) is 5.22. The van der Waals surface area contributed by atoms with E-state index in [-0.39, 0.29) is 24.0 Å². The Morgan fingerprint density at radius 3 is 2.52 bits per heavy atom. The van der Waals surface area contributed by atoms with E-state index in [0.29, 0.717) is 0 Å². The van der Waals surface area contributed by atoms with Gasteiger partial charge in [0.1, 0.15) is 0 Å². The minimum absolute atomic E-state index is 0. The number of aliphatic imine (C=N–C) groups is 1. The highest BCUT2D eigenvalue weighted by molar-refractivity contribution is 14.0. The van der Waals surface area contributed by atoms with Gasteiger partial charge in [-0.1, -0.05) is 25.1 Å². The Morgan fingerprint density at radius 2 is 1.78 bits per heavy atom. The maximum absolute atomic E-state index is 4.34. The first-order valence-corrected chi connectivity index (χ1v) is 9.74. The molecule has 2 heterocycles. The van der Waals surface area contributed by atoms with Gasteiger partial charge in [-0.3, -0.25) is 9.89 Å². The quantitative estimate of drug-likeness (QED) is 0.320. The highest BCUT2D eigenvalue weighted by atomic mass is 127. The lowest BCUT2D eigenvalue weighted by atomic mass is 10.1. The molecule has 150 valence electrons. The van der Waals surface area contributed by atoms with Crippen LogP contribution in [0.3, 0.4) is 0 Å². The van der Waals surface area contributed by atoms with Gasteiger partial charge in [0.05, 0.1) is 0 Å². The van der Waals surface area contributed by atoms with E-state index in [1.54, 1.807) is 0 Å². The van der Waals surface area contributed by atoms with Gasteiger partial charge in [0.15, 0.2) is 5.96 Å². The molecule has 1 aromatic heterocycles. The number of aromatic amines is 1. The lowest BCUT2D eigenvalue weighted by molar-refractivity contribution is 0.139. The topological polar surface area (TPSA) is 58.7 Å². The van der Waals surface area contributed by atoms with Gasteiger partial charge in [0, 0.05) is 70.0 Å². The van der Waals surface area contributed by atoms with Crippen molar-refractivity contribution in [3.8, 4) is 0 Å². The van der Waals surface area contributed by atoms with Crippen LogP contribution >= 0.6 is 24.0 Å². The summed E-state index contributed by atoms with van der Waals surface area (Å²) in [5.41, 5.74) is 2.55. The molecule has 1 fully saturated rings. The number of halogens is 1. The van der Waals surface area contributed by atoms with Crippen LogP contribution in [-0.2, 0) is 6.42 Å².